The van der Waals surface area contributed by atoms with Crippen LogP contribution < -0.4 is 9.54 Å². The molecule has 0 spiro atoms. The molecule has 1 aromatic carbocycles. The molecule has 0 aliphatic rings. The molecule has 0 N–H and O–H groups in total. The average molecular weight is 342 g/mol. The number of amides is 1. The number of ether oxygens (including phenoxy) is 1. The monoisotopic (exact) mass is 342 g/mol. The molecule has 0 saturated carbocycles. The fraction of sp³-hybridized carbons (Fsp3) is 0.222. The summed E-state index contributed by atoms with van der Waals surface area (Å²) in [6.07, 6.45) is 1.47. The summed E-state index contributed by atoms with van der Waals surface area (Å²) in [5.74, 6) is 0.702. The third-order valence-corrected chi connectivity index (χ3v) is 4.62. The topological polar surface area (TPSA) is 56.7 Å². The molecule has 0 aliphatic carbocycles. The number of furan rings is 1. The van der Waals surface area contributed by atoms with E-state index in [9.17, 15) is 4.79 Å². The predicted octanol–water partition coefficient (Wildman–Crippen LogP) is 3.79. The van der Waals surface area contributed by atoms with Crippen LogP contribution in [0.3, 0.4) is 0 Å². The van der Waals surface area contributed by atoms with Crippen molar-refractivity contribution in [3.8, 4) is 17.0 Å². The predicted molar refractivity (Wildman–Crippen MR) is 93.2 cm³/mol. The van der Waals surface area contributed by atoms with Crippen LogP contribution in [0.4, 0.5) is 0 Å². The first kappa shape index (κ1) is 16.3. The number of thiazole rings is 1. The maximum absolute atomic E-state index is 12.1. The van der Waals surface area contributed by atoms with Gasteiger partial charge < -0.3 is 13.7 Å². The van der Waals surface area contributed by atoms with E-state index in [1.165, 1.54) is 17.6 Å². The molecule has 2 aromatic heterocycles. The molecule has 5 nitrogen and oxygen atoms in total. The normalized spacial score (nSPS) is 11.7. The molecular weight excluding hydrogens is 324 g/mol. The molecular formula is C18H18N2O3S. The van der Waals surface area contributed by atoms with Crippen LogP contribution in [0.2, 0.25) is 0 Å². The Kier molecular flexibility index (Phi) is 4.66. The van der Waals surface area contributed by atoms with Gasteiger partial charge in [0.15, 0.2) is 10.6 Å². The lowest BCUT2D eigenvalue weighted by atomic mass is 10.1. The quantitative estimate of drug-likeness (QED) is 0.725. The molecule has 3 rings (SSSR count). The van der Waals surface area contributed by atoms with Gasteiger partial charge in [-0.15, -0.1) is 11.3 Å². The Morgan fingerprint density at radius 3 is 2.67 bits per heavy atom. The Hall–Kier alpha value is -2.60. The molecule has 0 aliphatic heterocycles. The van der Waals surface area contributed by atoms with Crippen LogP contribution in [0.15, 0.2) is 52.1 Å². The van der Waals surface area contributed by atoms with Gasteiger partial charge in [0, 0.05) is 11.9 Å². The highest BCUT2D eigenvalue weighted by molar-refractivity contribution is 7.09. The van der Waals surface area contributed by atoms with Crippen LogP contribution in [0.5, 0.6) is 5.75 Å². The lowest BCUT2D eigenvalue weighted by Gasteiger charge is -2.07. The summed E-state index contributed by atoms with van der Waals surface area (Å²) in [4.78, 5) is 18.0. The fourth-order valence-electron chi connectivity index (χ4n) is 2.50. The first-order valence-corrected chi connectivity index (χ1v) is 8.44. The Morgan fingerprint density at radius 1 is 1.29 bits per heavy atom. The summed E-state index contributed by atoms with van der Waals surface area (Å²) < 4.78 is 12.5. The van der Waals surface area contributed by atoms with Crippen LogP contribution in [0.1, 0.15) is 22.4 Å². The lowest BCUT2D eigenvalue weighted by Crippen LogP contribution is -2.14. The van der Waals surface area contributed by atoms with Crippen molar-refractivity contribution in [2.45, 2.75) is 13.8 Å². The fourth-order valence-corrected chi connectivity index (χ4v) is 3.48. The third kappa shape index (κ3) is 3.19. The van der Waals surface area contributed by atoms with Crippen LogP contribution >= 0.6 is 11.3 Å². The van der Waals surface area contributed by atoms with E-state index < -0.39 is 0 Å². The maximum Gasteiger partial charge on any atom is 0.315 e. The summed E-state index contributed by atoms with van der Waals surface area (Å²) in [7, 11) is 1.91. The number of nitrogens with zero attached hydrogens (tertiary/aromatic N) is 2. The SMILES string of the molecule is CCOc1ccc(-c2c(C)sc(=NC(=O)c3ccco3)n2C)cc1. The van der Waals surface area contributed by atoms with Crippen molar-refractivity contribution in [2.75, 3.05) is 6.61 Å². The van der Waals surface area contributed by atoms with Crippen LogP contribution in [-0.4, -0.2) is 17.1 Å². The van der Waals surface area contributed by atoms with E-state index in [4.69, 9.17) is 9.15 Å². The zero-order valence-corrected chi connectivity index (χ0v) is 14.6. The summed E-state index contributed by atoms with van der Waals surface area (Å²) >= 11 is 1.48. The van der Waals surface area contributed by atoms with Gasteiger partial charge in [-0.1, -0.05) is 0 Å². The zero-order valence-electron chi connectivity index (χ0n) is 13.8. The third-order valence-electron chi connectivity index (χ3n) is 3.57. The average Bonchev–Trinajstić information content (AvgIpc) is 3.18. The van der Waals surface area contributed by atoms with Crippen molar-refractivity contribution in [1.82, 2.24) is 4.57 Å². The summed E-state index contributed by atoms with van der Waals surface area (Å²) in [5.41, 5.74) is 2.09. The van der Waals surface area contributed by atoms with Gasteiger partial charge in [0.2, 0.25) is 0 Å². The number of rotatable bonds is 4. The molecule has 3 aromatic rings. The Bertz CT molecular complexity index is 903. The maximum atomic E-state index is 12.1. The standard InChI is InChI=1S/C18H18N2O3S/c1-4-22-14-9-7-13(8-10-14)16-12(2)24-18(20(16)3)19-17(21)15-6-5-11-23-15/h5-11H,4H2,1-3H3. The number of benzene rings is 1. The summed E-state index contributed by atoms with van der Waals surface area (Å²) in [6, 6.07) is 11.2. The highest BCUT2D eigenvalue weighted by Gasteiger charge is 2.13. The van der Waals surface area contributed by atoms with E-state index in [1.807, 2.05) is 49.7 Å². The van der Waals surface area contributed by atoms with Crippen LogP contribution in [0.25, 0.3) is 11.3 Å². The summed E-state index contributed by atoms with van der Waals surface area (Å²) in [6.45, 7) is 4.62. The van der Waals surface area contributed by atoms with Gasteiger partial charge in [-0.3, -0.25) is 4.79 Å². The van der Waals surface area contributed by atoms with E-state index in [1.54, 1.807) is 12.1 Å². The smallest absolute Gasteiger partial charge is 0.315 e. The lowest BCUT2D eigenvalue weighted by molar-refractivity contribution is 0.0971. The van der Waals surface area contributed by atoms with E-state index in [-0.39, 0.29) is 11.7 Å². The number of carbonyl (C=O) groups excluding carboxylic acids is 1. The molecule has 6 heteroatoms. The molecule has 124 valence electrons. The first-order valence-electron chi connectivity index (χ1n) is 7.62. The molecule has 0 bridgehead atoms. The second-order valence-corrected chi connectivity index (χ2v) is 6.38. The highest BCUT2D eigenvalue weighted by Crippen LogP contribution is 2.26. The molecule has 0 saturated heterocycles. The van der Waals surface area contributed by atoms with Gasteiger partial charge in [-0.05, 0) is 55.8 Å². The van der Waals surface area contributed by atoms with Crippen molar-refractivity contribution < 1.29 is 13.9 Å². The summed E-state index contributed by atoms with van der Waals surface area (Å²) in [5, 5.41) is 0. The van der Waals surface area contributed by atoms with E-state index in [0.717, 1.165) is 21.9 Å². The van der Waals surface area contributed by atoms with Gasteiger partial charge in [0.25, 0.3) is 0 Å². The van der Waals surface area contributed by atoms with Gasteiger partial charge in [0.05, 0.1) is 18.6 Å². The van der Waals surface area contributed by atoms with E-state index in [0.29, 0.717) is 11.4 Å². The van der Waals surface area contributed by atoms with Crippen molar-refractivity contribution in [1.29, 1.82) is 0 Å². The van der Waals surface area contributed by atoms with Gasteiger partial charge in [0.1, 0.15) is 5.75 Å². The number of hydrogen-bond donors (Lipinski definition) is 0. The van der Waals surface area contributed by atoms with Crippen LogP contribution in [-0.2, 0) is 7.05 Å². The molecule has 0 atom stereocenters. The number of aryl methyl sites for hydroxylation is 1. The Morgan fingerprint density at radius 2 is 2.04 bits per heavy atom. The molecule has 24 heavy (non-hydrogen) atoms. The van der Waals surface area contributed by atoms with Gasteiger partial charge in [-0.2, -0.15) is 4.99 Å². The molecule has 0 unspecified atom stereocenters. The first-order chi connectivity index (χ1) is 11.6. The van der Waals surface area contributed by atoms with Gasteiger partial charge >= 0.3 is 5.91 Å². The van der Waals surface area contributed by atoms with E-state index in [2.05, 4.69) is 4.99 Å². The van der Waals surface area contributed by atoms with Crippen molar-refractivity contribution >= 4 is 17.2 Å². The minimum atomic E-state index is -0.380. The van der Waals surface area contributed by atoms with Crippen molar-refractivity contribution in [3.63, 3.8) is 0 Å². The minimum Gasteiger partial charge on any atom is -0.494 e. The molecule has 0 fully saturated rings. The largest absolute Gasteiger partial charge is 0.494 e. The van der Waals surface area contributed by atoms with Crippen molar-refractivity contribution in [3.05, 3.63) is 58.1 Å². The second kappa shape index (κ2) is 6.88. The molecule has 1 amide bonds. The van der Waals surface area contributed by atoms with Gasteiger partial charge in [-0.25, -0.2) is 0 Å². The number of hydrogen-bond acceptors (Lipinski definition) is 4. The van der Waals surface area contributed by atoms with Crippen LogP contribution in [0, 0.1) is 6.92 Å². The Labute approximate surface area is 143 Å². The highest BCUT2D eigenvalue weighted by atomic mass is 32.1. The molecule has 0 radical (unpaired) electrons. The number of aromatic nitrogens is 1. The minimum absolute atomic E-state index is 0.240. The van der Waals surface area contributed by atoms with E-state index >= 15 is 0 Å². The van der Waals surface area contributed by atoms with Crippen molar-refractivity contribution in [2.24, 2.45) is 12.0 Å². The molecule has 2 heterocycles. The number of carbonyl (C=O) groups is 1. The second-order valence-electron chi connectivity index (χ2n) is 5.20. The Balaban J connectivity index is 1.99. The zero-order chi connectivity index (χ0) is 17.1.